The van der Waals surface area contributed by atoms with Crippen LogP contribution < -0.4 is 0 Å². The van der Waals surface area contributed by atoms with E-state index in [-0.39, 0.29) is 11.8 Å². The molecule has 226 valence electrons. The lowest BCUT2D eigenvalue weighted by Gasteiger charge is -2.34. The first-order valence-corrected chi connectivity index (χ1v) is 16.7. The predicted molar refractivity (Wildman–Crippen MR) is 199 cm³/mol. The summed E-state index contributed by atoms with van der Waals surface area (Å²) in [4.78, 5) is 10.7. The number of fused-ring (bicyclic) bond motifs is 8. The lowest BCUT2D eigenvalue weighted by atomic mass is 9.69. The molecule has 7 aromatic carbocycles. The van der Waals surface area contributed by atoms with Gasteiger partial charge in [-0.25, -0.2) is 9.97 Å². The Balaban J connectivity index is 1.35. The molecule has 0 aliphatic heterocycles. The lowest BCUT2D eigenvalue weighted by molar-refractivity contribution is 0.650. The monoisotopic (exact) mass is 613 g/mol. The molecule has 1 aliphatic carbocycles. The zero-order valence-electron chi connectivity index (χ0n) is 26.5. The quantitative estimate of drug-likeness (QED) is 0.198. The number of aromatic nitrogens is 3. The van der Waals surface area contributed by atoms with Crippen molar-refractivity contribution in [2.45, 2.75) is 18.8 Å². The minimum atomic E-state index is 0.258. The Bertz CT molecular complexity index is 2690. The highest BCUT2D eigenvalue weighted by Gasteiger charge is 2.33. The molecular weight excluding hydrogens is 583 g/mol. The smallest absolute Gasteiger partial charge is 0.165 e. The minimum Gasteiger partial charge on any atom is -0.292 e. The van der Waals surface area contributed by atoms with Gasteiger partial charge in [-0.1, -0.05) is 128 Å². The Morgan fingerprint density at radius 1 is 0.500 bits per heavy atom. The van der Waals surface area contributed by atoms with Crippen LogP contribution in [0.2, 0.25) is 0 Å². The predicted octanol–water partition coefficient (Wildman–Crippen LogP) is 11.5. The van der Waals surface area contributed by atoms with Crippen LogP contribution in [0.5, 0.6) is 0 Å². The van der Waals surface area contributed by atoms with Crippen molar-refractivity contribution in [1.82, 2.24) is 14.5 Å². The van der Waals surface area contributed by atoms with Crippen LogP contribution in [0.1, 0.15) is 35.4 Å². The van der Waals surface area contributed by atoms with E-state index in [9.17, 15) is 0 Å². The fourth-order valence-corrected chi connectivity index (χ4v) is 8.13. The SMILES string of the molecule is CC1c2cc3c(cc2-c2ccccc2[C@H]1c1ccccc1)c1cc2ccccc2cc1n3-c1nc2ccccc2nc1-c1ccccc1. The Labute approximate surface area is 278 Å². The maximum absolute atomic E-state index is 5.40. The lowest BCUT2D eigenvalue weighted by Crippen LogP contribution is -2.17. The van der Waals surface area contributed by atoms with E-state index in [1.54, 1.807) is 0 Å². The molecule has 1 unspecified atom stereocenters. The van der Waals surface area contributed by atoms with Gasteiger partial charge in [0.1, 0.15) is 5.69 Å². The van der Waals surface area contributed by atoms with Crippen molar-refractivity contribution >= 4 is 43.6 Å². The summed E-state index contributed by atoms with van der Waals surface area (Å²) in [5.74, 6) is 1.37. The third-order valence-corrected chi connectivity index (χ3v) is 10.4. The van der Waals surface area contributed by atoms with E-state index in [1.165, 1.54) is 49.4 Å². The van der Waals surface area contributed by atoms with Gasteiger partial charge in [0.25, 0.3) is 0 Å². The van der Waals surface area contributed by atoms with Crippen LogP contribution in [-0.2, 0) is 0 Å². The van der Waals surface area contributed by atoms with E-state index in [0.29, 0.717) is 0 Å². The maximum Gasteiger partial charge on any atom is 0.165 e. The van der Waals surface area contributed by atoms with Gasteiger partial charge in [-0.15, -0.1) is 0 Å². The van der Waals surface area contributed by atoms with Gasteiger partial charge in [0, 0.05) is 22.3 Å². The molecule has 0 amide bonds. The van der Waals surface area contributed by atoms with Crippen molar-refractivity contribution in [3.05, 3.63) is 174 Å². The number of benzene rings is 7. The molecule has 2 atom stereocenters. The second-order valence-corrected chi connectivity index (χ2v) is 13.0. The van der Waals surface area contributed by atoms with Gasteiger partial charge in [-0.05, 0) is 80.9 Å². The van der Waals surface area contributed by atoms with E-state index in [0.717, 1.165) is 39.1 Å². The average Bonchev–Trinajstić information content (AvgIpc) is 3.45. The summed E-state index contributed by atoms with van der Waals surface area (Å²) in [7, 11) is 0. The Morgan fingerprint density at radius 3 is 1.90 bits per heavy atom. The molecule has 3 nitrogen and oxygen atoms in total. The van der Waals surface area contributed by atoms with Gasteiger partial charge < -0.3 is 0 Å². The molecule has 9 aromatic rings. The molecule has 2 heterocycles. The molecule has 10 rings (SSSR count). The summed E-state index contributed by atoms with van der Waals surface area (Å²) in [5, 5.41) is 4.88. The zero-order valence-corrected chi connectivity index (χ0v) is 26.5. The summed E-state index contributed by atoms with van der Waals surface area (Å²) in [6.45, 7) is 2.39. The van der Waals surface area contributed by atoms with Gasteiger partial charge in [-0.2, -0.15) is 0 Å². The largest absolute Gasteiger partial charge is 0.292 e. The van der Waals surface area contributed by atoms with Crippen molar-refractivity contribution in [3.8, 4) is 28.2 Å². The normalized spacial score (nSPS) is 15.6. The minimum absolute atomic E-state index is 0.258. The summed E-state index contributed by atoms with van der Waals surface area (Å²) >= 11 is 0. The Hall–Kier alpha value is -6.06. The van der Waals surface area contributed by atoms with Crippen LogP contribution in [-0.4, -0.2) is 14.5 Å². The van der Waals surface area contributed by atoms with Gasteiger partial charge >= 0.3 is 0 Å². The molecule has 0 bridgehead atoms. The van der Waals surface area contributed by atoms with Gasteiger partial charge in [0.15, 0.2) is 5.82 Å². The van der Waals surface area contributed by atoms with E-state index < -0.39 is 0 Å². The molecule has 0 saturated heterocycles. The Kier molecular flexibility index (Phi) is 5.91. The van der Waals surface area contributed by atoms with Crippen LogP contribution in [0.4, 0.5) is 0 Å². The first-order chi connectivity index (χ1) is 23.7. The summed E-state index contributed by atoms with van der Waals surface area (Å²) in [6.07, 6.45) is 0. The molecule has 0 radical (unpaired) electrons. The van der Waals surface area contributed by atoms with Crippen molar-refractivity contribution in [1.29, 1.82) is 0 Å². The molecule has 0 spiro atoms. The first-order valence-electron chi connectivity index (χ1n) is 16.7. The van der Waals surface area contributed by atoms with Gasteiger partial charge in [-0.3, -0.25) is 4.57 Å². The zero-order chi connectivity index (χ0) is 31.8. The fourth-order valence-electron chi connectivity index (χ4n) is 8.13. The molecule has 48 heavy (non-hydrogen) atoms. The van der Waals surface area contributed by atoms with Crippen molar-refractivity contribution in [2.75, 3.05) is 0 Å². The van der Waals surface area contributed by atoms with Crippen LogP contribution in [0, 0.1) is 0 Å². The van der Waals surface area contributed by atoms with E-state index in [4.69, 9.17) is 9.97 Å². The average molecular weight is 614 g/mol. The molecule has 2 aromatic heterocycles. The van der Waals surface area contributed by atoms with E-state index in [2.05, 4.69) is 157 Å². The van der Waals surface area contributed by atoms with Crippen LogP contribution >= 0.6 is 0 Å². The standard InChI is InChI=1S/C45H31N3/c1-28-35-27-42-38(26-36(35)33-20-10-11-21-34(33)43(28)29-14-4-2-5-15-29)37-24-31-18-8-9-19-32(31)25-41(37)48(42)45-44(30-16-6-3-7-17-30)46-39-22-12-13-23-40(39)47-45/h2-28,43H,1H3/t28?,43-/m1/s1. The van der Waals surface area contributed by atoms with Crippen molar-refractivity contribution < 1.29 is 0 Å². The van der Waals surface area contributed by atoms with E-state index in [1.807, 2.05) is 12.1 Å². The highest BCUT2D eigenvalue weighted by atomic mass is 15.1. The summed E-state index contributed by atoms with van der Waals surface area (Å²) < 4.78 is 2.38. The first kappa shape index (κ1) is 27.1. The van der Waals surface area contributed by atoms with E-state index >= 15 is 0 Å². The molecule has 1 aliphatic rings. The highest BCUT2D eigenvalue weighted by Crippen LogP contribution is 2.51. The molecule has 0 fully saturated rings. The number of hydrogen-bond acceptors (Lipinski definition) is 2. The van der Waals surface area contributed by atoms with Crippen LogP contribution in [0.15, 0.2) is 158 Å². The van der Waals surface area contributed by atoms with Crippen molar-refractivity contribution in [3.63, 3.8) is 0 Å². The van der Waals surface area contributed by atoms with Crippen molar-refractivity contribution in [2.24, 2.45) is 0 Å². The molecule has 3 heteroatoms. The molecule has 0 N–H and O–H groups in total. The number of nitrogens with zero attached hydrogens (tertiary/aromatic N) is 3. The third kappa shape index (κ3) is 4.01. The summed E-state index contributed by atoms with van der Waals surface area (Å²) in [6, 6.07) is 56.9. The van der Waals surface area contributed by atoms with Crippen LogP contribution in [0.25, 0.3) is 71.8 Å². The fraction of sp³-hybridized carbons (Fsp3) is 0.0667. The summed E-state index contributed by atoms with van der Waals surface area (Å²) in [5.41, 5.74) is 12.7. The molecule has 0 saturated carbocycles. The number of para-hydroxylation sites is 2. The third-order valence-electron chi connectivity index (χ3n) is 10.4. The molecular formula is C45H31N3. The Morgan fingerprint density at radius 2 is 1.10 bits per heavy atom. The second kappa shape index (κ2) is 10.5. The second-order valence-electron chi connectivity index (χ2n) is 13.0. The topological polar surface area (TPSA) is 30.7 Å². The number of rotatable bonds is 3. The highest BCUT2D eigenvalue weighted by molar-refractivity contribution is 6.15. The van der Waals surface area contributed by atoms with Gasteiger partial charge in [0.2, 0.25) is 0 Å². The maximum atomic E-state index is 5.40. The van der Waals surface area contributed by atoms with Gasteiger partial charge in [0.05, 0.1) is 22.1 Å². The number of hydrogen-bond donors (Lipinski definition) is 0. The van der Waals surface area contributed by atoms with Crippen LogP contribution in [0.3, 0.4) is 0 Å².